The number of allylic oxidation sites excluding steroid dienone is 2. The van der Waals surface area contributed by atoms with Crippen molar-refractivity contribution in [2.75, 3.05) is 26.2 Å². The van der Waals surface area contributed by atoms with E-state index >= 15 is 0 Å². The van der Waals surface area contributed by atoms with Gasteiger partial charge in [0.25, 0.3) is 0 Å². The monoisotopic (exact) mass is 639 g/mol. The van der Waals surface area contributed by atoms with E-state index in [4.69, 9.17) is 0 Å². The fourth-order valence-corrected chi connectivity index (χ4v) is 5.52. The fraction of sp³-hybridized carbons (Fsp3) is 0.316. The molecule has 2 amide bonds. The molecule has 248 valence electrons. The summed E-state index contributed by atoms with van der Waals surface area (Å²) in [5.41, 5.74) is 2.30. The lowest BCUT2D eigenvalue weighted by Crippen LogP contribution is -2.29. The molecule has 0 fully saturated rings. The molecule has 0 atom stereocenters. The average molecular weight is 640 g/mol. The highest BCUT2D eigenvalue weighted by Gasteiger charge is 2.15. The molecule has 4 rings (SSSR count). The Morgan fingerprint density at radius 2 is 0.936 bits per heavy atom. The van der Waals surface area contributed by atoms with Crippen molar-refractivity contribution in [3.63, 3.8) is 0 Å². The van der Waals surface area contributed by atoms with Crippen molar-refractivity contribution in [3.05, 3.63) is 82.9 Å². The first kappa shape index (κ1) is 34.8. The lowest BCUT2D eigenvalue weighted by Gasteiger charge is -2.11. The number of nitrogens with one attached hydrogen (secondary N) is 3. The van der Waals surface area contributed by atoms with Crippen LogP contribution < -0.4 is 16.0 Å². The van der Waals surface area contributed by atoms with Gasteiger partial charge in [-0.2, -0.15) is 0 Å². The number of amides is 2. The van der Waals surface area contributed by atoms with Gasteiger partial charge in [0.1, 0.15) is 23.0 Å². The molecule has 0 unspecified atom stereocenters. The molecule has 0 aliphatic carbocycles. The molecule has 0 radical (unpaired) electrons. The molecular formula is C38H45N3O6. The number of benzene rings is 4. The largest absolute Gasteiger partial charge is 0.507 e. The summed E-state index contributed by atoms with van der Waals surface area (Å²) in [6, 6.07) is 14.3. The van der Waals surface area contributed by atoms with Gasteiger partial charge in [0, 0.05) is 69.7 Å². The lowest BCUT2D eigenvalue weighted by atomic mass is 9.98. The Labute approximate surface area is 275 Å². The van der Waals surface area contributed by atoms with Gasteiger partial charge in [-0.3, -0.25) is 9.59 Å². The molecule has 7 N–H and O–H groups in total. The topological polar surface area (TPSA) is 151 Å². The Balaban J connectivity index is 1.03. The zero-order valence-electron chi connectivity index (χ0n) is 27.1. The number of phenolic OH excluding ortho intramolecular Hbond substituents is 4. The van der Waals surface area contributed by atoms with E-state index in [1.54, 1.807) is 50.3 Å². The van der Waals surface area contributed by atoms with Crippen molar-refractivity contribution in [3.8, 4) is 23.0 Å². The van der Waals surface area contributed by atoms with Crippen LogP contribution in [0.3, 0.4) is 0 Å². The number of rotatable bonds is 16. The lowest BCUT2D eigenvalue weighted by molar-refractivity contribution is -0.121. The smallest absolute Gasteiger partial charge is 0.220 e. The van der Waals surface area contributed by atoms with Gasteiger partial charge in [-0.25, -0.2) is 0 Å². The number of carbonyl (C=O) groups is 2. The first-order chi connectivity index (χ1) is 22.7. The Morgan fingerprint density at radius 1 is 0.574 bits per heavy atom. The molecular weight excluding hydrogens is 594 g/mol. The van der Waals surface area contributed by atoms with E-state index in [9.17, 15) is 30.0 Å². The molecule has 9 nitrogen and oxygen atoms in total. The van der Waals surface area contributed by atoms with Gasteiger partial charge in [0.05, 0.1) is 0 Å². The Kier molecular flexibility index (Phi) is 12.6. The van der Waals surface area contributed by atoms with Gasteiger partial charge >= 0.3 is 0 Å². The maximum atomic E-state index is 12.2. The Bertz CT molecular complexity index is 1650. The van der Waals surface area contributed by atoms with E-state index in [0.29, 0.717) is 82.6 Å². The Morgan fingerprint density at radius 3 is 1.32 bits per heavy atom. The molecule has 0 saturated carbocycles. The third-order valence-corrected chi connectivity index (χ3v) is 8.25. The summed E-state index contributed by atoms with van der Waals surface area (Å²) >= 11 is 0. The highest BCUT2D eigenvalue weighted by Crippen LogP contribution is 2.40. The zero-order chi connectivity index (χ0) is 33.8. The third-order valence-electron chi connectivity index (χ3n) is 8.25. The van der Waals surface area contributed by atoms with Gasteiger partial charge < -0.3 is 36.4 Å². The normalized spacial score (nSPS) is 11.6. The Hall–Kier alpha value is -5.02. The van der Waals surface area contributed by atoms with Crippen LogP contribution in [0.15, 0.2) is 60.7 Å². The summed E-state index contributed by atoms with van der Waals surface area (Å²) in [6.07, 6.45) is 10.4. The van der Waals surface area contributed by atoms with E-state index in [1.807, 2.05) is 36.4 Å². The summed E-state index contributed by atoms with van der Waals surface area (Å²) in [7, 11) is 0. The van der Waals surface area contributed by atoms with E-state index in [-0.39, 0.29) is 34.8 Å². The van der Waals surface area contributed by atoms with Crippen LogP contribution >= 0.6 is 0 Å². The van der Waals surface area contributed by atoms with Crippen LogP contribution in [0.25, 0.3) is 33.7 Å². The summed E-state index contributed by atoms with van der Waals surface area (Å²) in [5.74, 6) is 0.441. The molecule has 9 heteroatoms. The maximum Gasteiger partial charge on any atom is 0.220 e. The quantitative estimate of drug-likeness (QED) is 0.0560. The van der Waals surface area contributed by atoms with E-state index < -0.39 is 0 Å². The fourth-order valence-electron chi connectivity index (χ4n) is 5.52. The van der Waals surface area contributed by atoms with Crippen molar-refractivity contribution in [2.45, 2.75) is 52.4 Å². The maximum absolute atomic E-state index is 12.2. The van der Waals surface area contributed by atoms with Gasteiger partial charge in [-0.15, -0.1) is 0 Å². The van der Waals surface area contributed by atoms with Gasteiger partial charge in [0.15, 0.2) is 0 Å². The predicted molar refractivity (Wildman–Crippen MR) is 189 cm³/mol. The van der Waals surface area contributed by atoms with Crippen LogP contribution in [0.4, 0.5) is 0 Å². The standard InChI is InChI=1S/C38H45N3O6/c1-25-27(37(46)31-17-5-3-15-29(31)35(25)44)13-7-9-19-33(42)40-23-11-21-39-22-12-24-41-34(43)20-10-8-14-28-26(2)36(45)30-16-4-6-18-32(30)38(28)47/h3-8,13-18,39,44-47H,9-12,19-24H2,1-2H3,(H,40,42)(H,41,43)/b13-7+,14-8+. The van der Waals surface area contributed by atoms with Crippen molar-refractivity contribution >= 4 is 45.5 Å². The average Bonchev–Trinajstić information content (AvgIpc) is 3.08. The first-order valence-electron chi connectivity index (χ1n) is 16.1. The second kappa shape index (κ2) is 17.1. The minimum Gasteiger partial charge on any atom is -0.507 e. The molecule has 0 aliphatic rings. The highest BCUT2D eigenvalue weighted by atomic mass is 16.3. The van der Waals surface area contributed by atoms with Crippen molar-refractivity contribution < 1.29 is 30.0 Å². The summed E-state index contributed by atoms with van der Waals surface area (Å²) in [6.45, 7) is 6.15. The number of aromatic hydroxyl groups is 4. The highest BCUT2D eigenvalue weighted by molar-refractivity contribution is 5.98. The number of phenols is 4. The number of hydrogen-bond acceptors (Lipinski definition) is 7. The van der Waals surface area contributed by atoms with E-state index in [0.717, 1.165) is 25.9 Å². The van der Waals surface area contributed by atoms with Gasteiger partial charge in [-0.1, -0.05) is 72.8 Å². The third kappa shape index (κ3) is 9.04. The van der Waals surface area contributed by atoms with E-state index in [2.05, 4.69) is 16.0 Å². The van der Waals surface area contributed by atoms with Crippen LogP contribution in [0.2, 0.25) is 0 Å². The number of fused-ring (bicyclic) bond motifs is 2. The second-order valence-electron chi connectivity index (χ2n) is 11.6. The number of carbonyl (C=O) groups excluding carboxylic acids is 2. The van der Waals surface area contributed by atoms with Crippen LogP contribution in [0, 0.1) is 13.8 Å². The zero-order valence-corrected chi connectivity index (χ0v) is 27.1. The molecule has 0 spiro atoms. The van der Waals surface area contributed by atoms with Crippen LogP contribution in [-0.4, -0.2) is 58.4 Å². The van der Waals surface area contributed by atoms with Gasteiger partial charge in [0.2, 0.25) is 11.8 Å². The summed E-state index contributed by atoms with van der Waals surface area (Å²) in [4.78, 5) is 24.4. The molecule has 0 aliphatic heterocycles. The molecule has 47 heavy (non-hydrogen) atoms. The molecule has 0 bridgehead atoms. The van der Waals surface area contributed by atoms with Crippen molar-refractivity contribution in [1.29, 1.82) is 0 Å². The first-order valence-corrected chi connectivity index (χ1v) is 16.1. The minimum atomic E-state index is -0.0446. The van der Waals surface area contributed by atoms with Crippen LogP contribution in [0.5, 0.6) is 23.0 Å². The molecule has 0 heterocycles. The SMILES string of the molecule is Cc1c(/C=C/CCC(=O)NCCCNCCCNC(=O)CC/C=C/c2c(C)c(O)c3ccccc3c2O)c(O)c2ccccc2c1O. The van der Waals surface area contributed by atoms with Crippen LogP contribution in [0.1, 0.15) is 60.8 Å². The molecule has 4 aromatic rings. The summed E-state index contributed by atoms with van der Waals surface area (Å²) in [5, 5.41) is 53.8. The molecule has 4 aromatic carbocycles. The molecule has 0 saturated heterocycles. The minimum absolute atomic E-state index is 0.0446. The van der Waals surface area contributed by atoms with Crippen LogP contribution in [-0.2, 0) is 9.59 Å². The van der Waals surface area contributed by atoms with Crippen molar-refractivity contribution in [1.82, 2.24) is 16.0 Å². The molecule has 0 aromatic heterocycles. The summed E-state index contributed by atoms with van der Waals surface area (Å²) < 4.78 is 0. The van der Waals surface area contributed by atoms with Crippen molar-refractivity contribution in [2.24, 2.45) is 0 Å². The number of hydrogen-bond donors (Lipinski definition) is 7. The van der Waals surface area contributed by atoms with E-state index in [1.165, 1.54) is 0 Å². The van der Waals surface area contributed by atoms with Gasteiger partial charge in [-0.05, 0) is 52.6 Å². The second-order valence-corrected chi connectivity index (χ2v) is 11.6. The predicted octanol–water partition coefficient (Wildman–Crippen LogP) is 6.32.